The lowest BCUT2D eigenvalue weighted by atomic mass is 10.0. The molecule has 84 valence electrons. The molecular weight excluding hydrogens is 224 g/mol. The molecule has 3 nitrogen and oxygen atoms in total. The summed E-state index contributed by atoms with van der Waals surface area (Å²) in [5.74, 6) is 0. The standard InChI is InChI=1S/C12H13ClN2O/c1-9-6-11(13)2-3-12(9)10-7-14-15(8-10)4-5-16/h2-3,6-8,16H,4-5H2,1H3. The van der Waals surface area contributed by atoms with E-state index in [4.69, 9.17) is 16.7 Å². The van der Waals surface area contributed by atoms with Crippen molar-refractivity contribution >= 4 is 11.6 Å². The molecule has 1 aromatic heterocycles. The number of hydrogen-bond donors (Lipinski definition) is 1. The Morgan fingerprint density at radius 1 is 1.44 bits per heavy atom. The van der Waals surface area contributed by atoms with Crippen LogP contribution in [0, 0.1) is 6.92 Å². The fourth-order valence-electron chi connectivity index (χ4n) is 1.68. The van der Waals surface area contributed by atoms with Gasteiger partial charge in [-0.05, 0) is 30.2 Å². The van der Waals surface area contributed by atoms with Crippen LogP contribution in [0.3, 0.4) is 0 Å². The van der Waals surface area contributed by atoms with E-state index in [2.05, 4.69) is 5.10 Å². The lowest BCUT2D eigenvalue weighted by Gasteiger charge is -2.03. The van der Waals surface area contributed by atoms with Crippen LogP contribution < -0.4 is 0 Å². The molecule has 0 unspecified atom stereocenters. The number of halogens is 1. The predicted molar refractivity (Wildman–Crippen MR) is 64.5 cm³/mol. The number of nitrogens with zero attached hydrogens (tertiary/aromatic N) is 2. The van der Waals surface area contributed by atoms with Crippen molar-refractivity contribution in [3.8, 4) is 11.1 Å². The first-order chi connectivity index (χ1) is 7.70. The molecule has 16 heavy (non-hydrogen) atoms. The molecule has 0 bridgehead atoms. The summed E-state index contributed by atoms with van der Waals surface area (Å²) in [5, 5.41) is 13.7. The number of aliphatic hydroxyl groups excluding tert-OH is 1. The van der Waals surface area contributed by atoms with Gasteiger partial charge in [0.15, 0.2) is 0 Å². The van der Waals surface area contributed by atoms with Gasteiger partial charge < -0.3 is 5.11 Å². The van der Waals surface area contributed by atoms with Gasteiger partial charge in [-0.15, -0.1) is 0 Å². The number of rotatable bonds is 3. The number of aryl methyl sites for hydroxylation is 1. The van der Waals surface area contributed by atoms with E-state index in [1.165, 1.54) is 0 Å². The van der Waals surface area contributed by atoms with Crippen molar-refractivity contribution in [3.63, 3.8) is 0 Å². The van der Waals surface area contributed by atoms with Gasteiger partial charge in [0.1, 0.15) is 0 Å². The average molecular weight is 237 g/mol. The van der Waals surface area contributed by atoms with E-state index in [1.54, 1.807) is 10.9 Å². The van der Waals surface area contributed by atoms with Gasteiger partial charge in [-0.2, -0.15) is 5.10 Å². The largest absolute Gasteiger partial charge is 0.394 e. The monoisotopic (exact) mass is 236 g/mol. The summed E-state index contributed by atoms with van der Waals surface area (Å²) >= 11 is 5.91. The van der Waals surface area contributed by atoms with Crippen LogP contribution in [0.1, 0.15) is 5.56 Å². The molecule has 0 saturated heterocycles. The first-order valence-corrected chi connectivity index (χ1v) is 5.48. The smallest absolute Gasteiger partial charge is 0.0641 e. The minimum atomic E-state index is 0.0979. The zero-order valence-electron chi connectivity index (χ0n) is 9.02. The summed E-state index contributed by atoms with van der Waals surface area (Å²) < 4.78 is 1.73. The van der Waals surface area contributed by atoms with Crippen LogP contribution in [-0.4, -0.2) is 21.5 Å². The Kier molecular flexibility index (Phi) is 3.27. The van der Waals surface area contributed by atoms with Crippen molar-refractivity contribution in [1.29, 1.82) is 0 Å². The first-order valence-electron chi connectivity index (χ1n) is 5.10. The highest BCUT2D eigenvalue weighted by molar-refractivity contribution is 6.30. The third kappa shape index (κ3) is 2.26. The number of hydrogen-bond acceptors (Lipinski definition) is 2. The Labute approximate surface area is 99.3 Å². The van der Waals surface area contributed by atoms with Crippen LogP contribution in [0.25, 0.3) is 11.1 Å². The molecule has 0 aliphatic carbocycles. The maximum atomic E-state index is 8.81. The van der Waals surface area contributed by atoms with E-state index in [9.17, 15) is 0 Å². The maximum Gasteiger partial charge on any atom is 0.0641 e. The summed E-state index contributed by atoms with van der Waals surface area (Å²) in [6, 6.07) is 5.78. The van der Waals surface area contributed by atoms with Crippen molar-refractivity contribution in [2.45, 2.75) is 13.5 Å². The van der Waals surface area contributed by atoms with Crippen LogP contribution in [0.5, 0.6) is 0 Å². The molecule has 1 N–H and O–H groups in total. The molecule has 0 saturated carbocycles. The number of aromatic nitrogens is 2. The van der Waals surface area contributed by atoms with Crippen LogP contribution in [0.15, 0.2) is 30.6 Å². The Balaban J connectivity index is 2.35. The van der Waals surface area contributed by atoms with Crippen LogP contribution in [0.4, 0.5) is 0 Å². The third-order valence-corrected chi connectivity index (χ3v) is 2.70. The molecule has 1 heterocycles. The van der Waals surface area contributed by atoms with Gasteiger partial charge in [-0.3, -0.25) is 4.68 Å². The zero-order valence-corrected chi connectivity index (χ0v) is 9.78. The van der Waals surface area contributed by atoms with Crippen molar-refractivity contribution in [2.24, 2.45) is 0 Å². The minimum absolute atomic E-state index is 0.0979. The quantitative estimate of drug-likeness (QED) is 0.889. The second-order valence-corrected chi connectivity index (χ2v) is 4.11. The zero-order chi connectivity index (χ0) is 11.5. The fourth-order valence-corrected chi connectivity index (χ4v) is 1.91. The minimum Gasteiger partial charge on any atom is -0.394 e. The number of aliphatic hydroxyl groups is 1. The molecular formula is C12H13ClN2O. The lowest BCUT2D eigenvalue weighted by Crippen LogP contribution is -2.01. The van der Waals surface area contributed by atoms with E-state index in [-0.39, 0.29) is 6.61 Å². The first kappa shape index (κ1) is 11.2. The lowest BCUT2D eigenvalue weighted by molar-refractivity contribution is 0.269. The van der Waals surface area contributed by atoms with Gasteiger partial charge in [-0.1, -0.05) is 17.7 Å². The van der Waals surface area contributed by atoms with Gasteiger partial charge in [0.2, 0.25) is 0 Å². The molecule has 0 atom stereocenters. The molecule has 4 heteroatoms. The molecule has 0 aliphatic heterocycles. The average Bonchev–Trinajstić information content (AvgIpc) is 2.67. The van der Waals surface area contributed by atoms with E-state index in [0.717, 1.165) is 21.7 Å². The Bertz CT molecular complexity index is 494. The highest BCUT2D eigenvalue weighted by atomic mass is 35.5. The number of benzene rings is 1. The van der Waals surface area contributed by atoms with E-state index in [1.807, 2.05) is 31.3 Å². The fraction of sp³-hybridized carbons (Fsp3) is 0.250. The highest BCUT2D eigenvalue weighted by Crippen LogP contribution is 2.25. The molecule has 0 aliphatic rings. The summed E-state index contributed by atoms with van der Waals surface area (Å²) in [7, 11) is 0. The van der Waals surface area contributed by atoms with Crippen molar-refractivity contribution < 1.29 is 5.11 Å². The molecule has 1 aromatic carbocycles. The summed E-state index contributed by atoms with van der Waals surface area (Å²) in [5.41, 5.74) is 3.28. The Morgan fingerprint density at radius 2 is 2.25 bits per heavy atom. The molecule has 2 rings (SSSR count). The van der Waals surface area contributed by atoms with E-state index in [0.29, 0.717) is 6.54 Å². The van der Waals surface area contributed by atoms with Crippen LogP contribution >= 0.6 is 11.6 Å². The maximum absolute atomic E-state index is 8.81. The summed E-state index contributed by atoms with van der Waals surface area (Å²) in [4.78, 5) is 0. The SMILES string of the molecule is Cc1cc(Cl)ccc1-c1cnn(CCO)c1. The van der Waals surface area contributed by atoms with Crippen molar-refractivity contribution in [2.75, 3.05) is 6.61 Å². The van der Waals surface area contributed by atoms with Gasteiger partial charge >= 0.3 is 0 Å². The molecule has 0 amide bonds. The molecule has 0 fully saturated rings. The van der Waals surface area contributed by atoms with Gasteiger partial charge in [0.05, 0.1) is 19.3 Å². The van der Waals surface area contributed by atoms with Gasteiger partial charge in [0, 0.05) is 16.8 Å². The predicted octanol–water partition coefficient (Wildman–Crippen LogP) is 2.50. The summed E-state index contributed by atoms with van der Waals surface area (Å²) in [6.45, 7) is 2.64. The molecule has 2 aromatic rings. The normalized spacial score (nSPS) is 10.7. The van der Waals surface area contributed by atoms with E-state index >= 15 is 0 Å². The van der Waals surface area contributed by atoms with Crippen LogP contribution in [-0.2, 0) is 6.54 Å². The highest BCUT2D eigenvalue weighted by Gasteiger charge is 2.05. The van der Waals surface area contributed by atoms with E-state index < -0.39 is 0 Å². The topological polar surface area (TPSA) is 38.0 Å². The molecule has 0 radical (unpaired) electrons. The second-order valence-electron chi connectivity index (χ2n) is 3.67. The summed E-state index contributed by atoms with van der Waals surface area (Å²) in [6.07, 6.45) is 3.72. The Morgan fingerprint density at radius 3 is 2.94 bits per heavy atom. The van der Waals surface area contributed by atoms with Gasteiger partial charge in [-0.25, -0.2) is 0 Å². The Hall–Kier alpha value is -1.32. The van der Waals surface area contributed by atoms with Gasteiger partial charge in [0.25, 0.3) is 0 Å². The van der Waals surface area contributed by atoms with Crippen molar-refractivity contribution in [1.82, 2.24) is 9.78 Å². The van der Waals surface area contributed by atoms with Crippen molar-refractivity contribution in [3.05, 3.63) is 41.2 Å². The van der Waals surface area contributed by atoms with Crippen LogP contribution in [0.2, 0.25) is 5.02 Å². The molecule has 0 spiro atoms. The third-order valence-electron chi connectivity index (χ3n) is 2.46. The second kappa shape index (κ2) is 4.68.